The van der Waals surface area contributed by atoms with Crippen LogP contribution >= 0.6 is 11.8 Å². The van der Waals surface area contributed by atoms with E-state index in [-0.39, 0.29) is 18.3 Å². The van der Waals surface area contributed by atoms with E-state index in [9.17, 15) is 14.0 Å². The SMILES string of the molecule is CC(Sc1ccccc1C(=O)N1CCOC(c2ccccc2F)C1)C(=O)O. The number of carboxylic acids is 1. The number of aliphatic carboxylic acids is 1. The number of carboxylic acid groups (broad SMARTS) is 1. The second-order valence-corrected chi connectivity index (χ2v) is 7.61. The summed E-state index contributed by atoms with van der Waals surface area (Å²) in [5.74, 6) is -1.50. The molecule has 7 heteroatoms. The molecule has 0 spiro atoms. The minimum atomic E-state index is -0.937. The van der Waals surface area contributed by atoms with Gasteiger partial charge in [0.1, 0.15) is 17.2 Å². The van der Waals surface area contributed by atoms with Crippen LogP contribution in [0.5, 0.6) is 0 Å². The molecule has 1 heterocycles. The first kappa shape index (κ1) is 19.4. The maximum atomic E-state index is 14.1. The average molecular weight is 389 g/mol. The van der Waals surface area contributed by atoms with Crippen molar-refractivity contribution >= 4 is 23.6 Å². The predicted octanol–water partition coefficient (Wildman–Crippen LogP) is 3.60. The van der Waals surface area contributed by atoms with Gasteiger partial charge in [0.2, 0.25) is 0 Å². The smallest absolute Gasteiger partial charge is 0.316 e. The molecule has 3 rings (SSSR count). The molecule has 1 saturated heterocycles. The zero-order valence-electron chi connectivity index (χ0n) is 14.8. The standard InChI is InChI=1S/C20H20FNO4S/c1-13(20(24)25)27-18-9-5-3-7-15(18)19(23)22-10-11-26-17(12-22)14-6-2-4-8-16(14)21/h2-9,13,17H,10-12H2,1H3,(H,24,25). The molecule has 0 radical (unpaired) electrons. The molecule has 1 aliphatic heterocycles. The van der Waals surface area contributed by atoms with Gasteiger partial charge in [-0.2, -0.15) is 0 Å². The van der Waals surface area contributed by atoms with Crippen molar-refractivity contribution < 1.29 is 23.8 Å². The number of thioether (sulfide) groups is 1. The van der Waals surface area contributed by atoms with Crippen LogP contribution in [0.15, 0.2) is 53.4 Å². The van der Waals surface area contributed by atoms with Crippen LogP contribution in [0.25, 0.3) is 0 Å². The Labute approximate surface area is 161 Å². The van der Waals surface area contributed by atoms with Gasteiger partial charge in [-0.05, 0) is 25.1 Å². The number of ether oxygens (including phenoxy) is 1. The Kier molecular flexibility index (Phi) is 6.13. The maximum absolute atomic E-state index is 14.1. The highest BCUT2D eigenvalue weighted by Gasteiger charge is 2.29. The van der Waals surface area contributed by atoms with Crippen molar-refractivity contribution in [3.05, 3.63) is 65.5 Å². The van der Waals surface area contributed by atoms with Gasteiger partial charge >= 0.3 is 5.97 Å². The van der Waals surface area contributed by atoms with Crippen LogP contribution < -0.4 is 0 Å². The molecule has 0 bridgehead atoms. The van der Waals surface area contributed by atoms with Gasteiger partial charge in [0.05, 0.1) is 18.7 Å². The molecule has 2 aromatic rings. The fourth-order valence-corrected chi connectivity index (χ4v) is 3.84. The third-order valence-corrected chi connectivity index (χ3v) is 5.54. The highest BCUT2D eigenvalue weighted by atomic mass is 32.2. The highest BCUT2D eigenvalue weighted by molar-refractivity contribution is 8.00. The highest BCUT2D eigenvalue weighted by Crippen LogP contribution is 2.30. The summed E-state index contributed by atoms with van der Waals surface area (Å²) in [5.41, 5.74) is 0.877. The molecule has 1 fully saturated rings. The maximum Gasteiger partial charge on any atom is 0.316 e. The molecule has 1 aliphatic rings. The minimum absolute atomic E-state index is 0.208. The lowest BCUT2D eigenvalue weighted by molar-refractivity contribution is -0.136. The topological polar surface area (TPSA) is 66.8 Å². The second-order valence-electron chi connectivity index (χ2n) is 6.23. The zero-order chi connectivity index (χ0) is 19.4. The van der Waals surface area contributed by atoms with Gasteiger partial charge in [0, 0.05) is 17.0 Å². The lowest BCUT2D eigenvalue weighted by Crippen LogP contribution is -2.42. The molecule has 2 unspecified atom stereocenters. The molecule has 2 atom stereocenters. The summed E-state index contributed by atoms with van der Waals surface area (Å²) in [6.45, 7) is 2.54. The molecule has 0 saturated carbocycles. The fraction of sp³-hybridized carbons (Fsp3) is 0.300. The Morgan fingerprint density at radius 3 is 2.67 bits per heavy atom. The van der Waals surface area contributed by atoms with Crippen LogP contribution in [-0.4, -0.2) is 46.8 Å². The fourth-order valence-electron chi connectivity index (χ4n) is 2.92. The Morgan fingerprint density at radius 2 is 1.93 bits per heavy atom. The Morgan fingerprint density at radius 1 is 1.22 bits per heavy atom. The van der Waals surface area contributed by atoms with E-state index in [0.717, 1.165) is 11.8 Å². The van der Waals surface area contributed by atoms with Crippen molar-refractivity contribution in [2.24, 2.45) is 0 Å². The molecule has 1 N–H and O–H groups in total. The number of amides is 1. The van der Waals surface area contributed by atoms with Crippen molar-refractivity contribution in [1.29, 1.82) is 0 Å². The number of carbonyl (C=O) groups excluding carboxylic acids is 1. The van der Waals surface area contributed by atoms with Gasteiger partial charge in [0.25, 0.3) is 5.91 Å². The van der Waals surface area contributed by atoms with Gasteiger partial charge in [-0.3, -0.25) is 9.59 Å². The quantitative estimate of drug-likeness (QED) is 0.792. The molecule has 27 heavy (non-hydrogen) atoms. The van der Waals surface area contributed by atoms with E-state index >= 15 is 0 Å². The Hall–Kier alpha value is -2.38. The Bertz CT molecular complexity index is 844. The molecule has 5 nitrogen and oxygen atoms in total. The minimum Gasteiger partial charge on any atom is -0.480 e. The number of hydrogen-bond acceptors (Lipinski definition) is 4. The Balaban J connectivity index is 1.80. The van der Waals surface area contributed by atoms with E-state index in [0.29, 0.717) is 29.2 Å². The largest absolute Gasteiger partial charge is 0.480 e. The van der Waals surface area contributed by atoms with Crippen molar-refractivity contribution in [2.45, 2.75) is 23.2 Å². The summed E-state index contributed by atoms with van der Waals surface area (Å²) < 4.78 is 19.7. The number of benzene rings is 2. The van der Waals surface area contributed by atoms with Crippen molar-refractivity contribution in [3.63, 3.8) is 0 Å². The van der Waals surface area contributed by atoms with Crippen LogP contribution in [-0.2, 0) is 9.53 Å². The number of hydrogen-bond donors (Lipinski definition) is 1. The monoisotopic (exact) mass is 389 g/mol. The first-order valence-electron chi connectivity index (χ1n) is 8.61. The zero-order valence-corrected chi connectivity index (χ0v) is 15.6. The first-order chi connectivity index (χ1) is 13.0. The molecular formula is C20H20FNO4S. The predicted molar refractivity (Wildman–Crippen MR) is 100 cm³/mol. The summed E-state index contributed by atoms with van der Waals surface area (Å²) in [5, 5.41) is 8.47. The van der Waals surface area contributed by atoms with Crippen LogP contribution in [0.2, 0.25) is 0 Å². The van der Waals surface area contributed by atoms with Gasteiger partial charge in [-0.1, -0.05) is 30.3 Å². The average Bonchev–Trinajstić information content (AvgIpc) is 2.68. The van der Waals surface area contributed by atoms with Gasteiger partial charge in [0.15, 0.2) is 0 Å². The van der Waals surface area contributed by atoms with Gasteiger partial charge < -0.3 is 14.7 Å². The van der Waals surface area contributed by atoms with E-state index in [1.165, 1.54) is 6.07 Å². The third kappa shape index (κ3) is 4.48. The van der Waals surface area contributed by atoms with Gasteiger partial charge in [-0.25, -0.2) is 4.39 Å². The van der Waals surface area contributed by atoms with Gasteiger partial charge in [-0.15, -0.1) is 11.8 Å². The third-order valence-electron chi connectivity index (χ3n) is 4.37. The molecule has 142 valence electrons. The van der Waals surface area contributed by atoms with Crippen LogP contribution in [0.4, 0.5) is 4.39 Å². The van der Waals surface area contributed by atoms with E-state index in [1.54, 1.807) is 54.3 Å². The van der Waals surface area contributed by atoms with E-state index in [1.807, 2.05) is 0 Å². The van der Waals surface area contributed by atoms with E-state index in [4.69, 9.17) is 9.84 Å². The lowest BCUT2D eigenvalue weighted by atomic mass is 10.1. The van der Waals surface area contributed by atoms with Crippen LogP contribution in [0, 0.1) is 5.82 Å². The number of rotatable bonds is 5. The van der Waals surface area contributed by atoms with E-state index < -0.39 is 17.3 Å². The molecule has 0 aliphatic carbocycles. The molecular weight excluding hydrogens is 369 g/mol. The number of nitrogens with zero attached hydrogens (tertiary/aromatic N) is 1. The van der Waals surface area contributed by atoms with Crippen molar-refractivity contribution in [2.75, 3.05) is 19.7 Å². The summed E-state index contributed by atoms with van der Waals surface area (Å²) >= 11 is 1.13. The lowest BCUT2D eigenvalue weighted by Gasteiger charge is -2.33. The summed E-state index contributed by atoms with van der Waals surface area (Å²) in [6.07, 6.45) is -0.526. The van der Waals surface area contributed by atoms with Crippen molar-refractivity contribution in [3.8, 4) is 0 Å². The number of carbonyl (C=O) groups is 2. The molecule has 1 amide bonds. The first-order valence-corrected chi connectivity index (χ1v) is 9.49. The molecule has 2 aromatic carbocycles. The normalized spacial score (nSPS) is 18.1. The summed E-state index contributed by atoms with van der Waals surface area (Å²) in [7, 11) is 0. The molecule has 0 aromatic heterocycles. The summed E-state index contributed by atoms with van der Waals surface area (Å²) in [6, 6.07) is 13.3. The number of morpholine rings is 1. The van der Waals surface area contributed by atoms with E-state index in [2.05, 4.69) is 0 Å². The van der Waals surface area contributed by atoms with Crippen LogP contribution in [0.3, 0.4) is 0 Å². The number of halogens is 1. The second kappa shape index (κ2) is 8.54. The van der Waals surface area contributed by atoms with Crippen LogP contribution in [0.1, 0.15) is 28.9 Å². The summed E-state index contributed by atoms with van der Waals surface area (Å²) in [4.78, 5) is 26.4. The van der Waals surface area contributed by atoms with Crippen molar-refractivity contribution in [1.82, 2.24) is 4.90 Å².